The molecule has 0 aliphatic rings. The minimum Gasteiger partial charge on any atom is -0.481 e. The standard InChI is InChI=1S/C13H17FO2/c1-13(2,3)12(14)10-6-4-5-9(7-10)8-11(15)16/h4-7,12H,8H2,1-3H3,(H,15,16). The normalized spacial score (nSPS) is 13.5. The molecule has 0 saturated heterocycles. The lowest BCUT2D eigenvalue weighted by Gasteiger charge is -2.24. The Hall–Kier alpha value is -1.38. The van der Waals surface area contributed by atoms with Crippen molar-refractivity contribution in [2.45, 2.75) is 33.4 Å². The van der Waals surface area contributed by atoms with Crippen molar-refractivity contribution in [3.63, 3.8) is 0 Å². The van der Waals surface area contributed by atoms with Gasteiger partial charge in [-0.25, -0.2) is 4.39 Å². The van der Waals surface area contributed by atoms with E-state index in [4.69, 9.17) is 5.11 Å². The number of hydrogen-bond acceptors (Lipinski definition) is 1. The van der Waals surface area contributed by atoms with Gasteiger partial charge in [0.25, 0.3) is 0 Å². The molecule has 0 saturated carbocycles. The minimum atomic E-state index is -1.08. The third-order valence-corrected chi connectivity index (χ3v) is 2.36. The van der Waals surface area contributed by atoms with Crippen molar-refractivity contribution < 1.29 is 14.3 Å². The van der Waals surface area contributed by atoms with Crippen LogP contribution in [0.2, 0.25) is 0 Å². The van der Waals surface area contributed by atoms with Crippen LogP contribution in [0.3, 0.4) is 0 Å². The van der Waals surface area contributed by atoms with Gasteiger partial charge in [-0.3, -0.25) is 4.79 Å². The Labute approximate surface area is 95.1 Å². The van der Waals surface area contributed by atoms with Crippen LogP contribution in [-0.4, -0.2) is 11.1 Å². The van der Waals surface area contributed by atoms with Crippen LogP contribution in [0.5, 0.6) is 0 Å². The van der Waals surface area contributed by atoms with Gasteiger partial charge in [0.15, 0.2) is 0 Å². The molecule has 0 aliphatic heterocycles. The van der Waals surface area contributed by atoms with E-state index in [1.807, 2.05) is 20.8 Å². The molecule has 0 aromatic heterocycles. The fourth-order valence-corrected chi connectivity index (χ4v) is 1.54. The van der Waals surface area contributed by atoms with Crippen molar-refractivity contribution in [1.29, 1.82) is 0 Å². The van der Waals surface area contributed by atoms with Gasteiger partial charge in [0.2, 0.25) is 0 Å². The maximum Gasteiger partial charge on any atom is 0.307 e. The van der Waals surface area contributed by atoms with Gasteiger partial charge in [-0.1, -0.05) is 45.0 Å². The number of aliphatic carboxylic acids is 1. The Morgan fingerprint density at radius 3 is 2.56 bits per heavy atom. The lowest BCUT2D eigenvalue weighted by Crippen LogP contribution is -2.14. The highest BCUT2D eigenvalue weighted by atomic mass is 19.1. The van der Waals surface area contributed by atoms with Crippen LogP contribution in [0.1, 0.15) is 38.1 Å². The summed E-state index contributed by atoms with van der Waals surface area (Å²) in [5.41, 5.74) is 0.713. The number of carboxylic acids is 1. The quantitative estimate of drug-likeness (QED) is 0.854. The second-order valence-electron chi connectivity index (χ2n) is 5.04. The molecule has 0 spiro atoms. The Kier molecular flexibility index (Phi) is 3.68. The first-order chi connectivity index (χ1) is 7.30. The van der Waals surface area contributed by atoms with Gasteiger partial charge in [-0.05, 0) is 16.5 Å². The second kappa shape index (κ2) is 4.64. The van der Waals surface area contributed by atoms with E-state index in [1.165, 1.54) is 0 Å². The van der Waals surface area contributed by atoms with Gasteiger partial charge in [0.1, 0.15) is 6.17 Å². The molecular formula is C13H17FO2. The summed E-state index contributed by atoms with van der Waals surface area (Å²) in [6.07, 6.45) is -1.15. The molecule has 0 amide bonds. The first kappa shape index (κ1) is 12.7. The first-order valence-electron chi connectivity index (χ1n) is 5.25. The smallest absolute Gasteiger partial charge is 0.307 e. The number of alkyl halides is 1. The molecule has 1 N–H and O–H groups in total. The maximum atomic E-state index is 14.0. The van der Waals surface area contributed by atoms with E-state index in [0.717, 1.165) is 0 Å². The van der Waals surface area contributed by atoms with E-state index < -0.39 is 17.6 Å². The summed E-state index contributed by atoms with van der Waals surface area (Å²) in [7, 11) is 0. The van der Waals surface area contributed by atoms with Crippen molar-refractivity contribution in [1.82, 2.24) is 0 Å². The molecule has 1 unspecified atom stereocenters. The molecule has 16 heavy (non-hydrogen) atoms. The topological polar surface area (TPSA) is 37.3 Å². The van der Waals surface area contributed by atoms with Gasteiger partial charge in [-0.15, -0.1) is 0 Å². The number of carbonyl (C=O) groups is 1. The predicted molar refractivity (Wildman–Crippen MR) is 61.1 cm³/mol. The van der Waals surface area contributed by atoms with E-state index >= 15 is 0 Å². The van der Waals surface area contributed by atoms with E-state index in [0.29, 0.717) is 11.1 Å². The summed E-state index contributed by atoms with van der Waals surface area (Å²) in [4.78, 5) is 10.6. The maximum absolute atomic E-state index is 14.0. The van der Waals surface area contributed by atoms with Gasteiger partial charge in [0, 0.05) is 0 Å². The largest absolute Gasteiger partial charge is 0.481 e. The number of carboxylic acid groups (broad SMARTS) is 1. The SMILES string of the molecule is CC(C)(C)C(F)c1cccc(CC(=O)O)c1. The predicted octanol–water partition coefficient (Wildman–Crippen LogP) is 3.37. The van der Waals surface area contributed by atoms with Crippen molar-refractivity contribution in [2.24, 2.45) is 5.41 Å². The Balaban J connectivity index is 2.94. The molecule has 0 heterocycles. The Morgan fingerprint density at radius 2 is 2.06 bits per heavy atom. The van der Waals surface area contributed by atoms with Crippen molar-refractivity contribution in [3.05, 3.63) is 35.4 Å². The van der Waals surface area contributed by atoms with Gasteiger partial charge in [0.05, 0.1) is 6.42 Å². The fraction of sp³-hybridized carbons (Fsp3) is 0.462. The van der Waals surface area contributed by atoms with Crippen LogP contribution in [0, 0.1) is 5.41 Å². The minimum absolute atomic E-state index is 0.0648. The number of benzene rings is 1. The van der Waals surface area contributed by atoms with Crippen LogP contribution in [0.25, 0.3) is 0 Å². The van der Waals surface area contributed by atoms with E-state index in [1.54, 1.807) is 24.3 Å². The average molecular weight is 224 g/mol. The lowest BCUT2D eigenvalue weighted by molar-refractivity contribution is -0.136. The van der Waals surface area contributed by atoms with E-state index in [9.17, 15) is 9.18 Å². The lowest BCUT2D eigenvalue weighted by atomic mass is 9.85. The highest BCUT2D eigenvalue weighted by Crippen LogP contribution is 2.36. The van der Waals surface area contributed by atoms with Gasteiger partial charge in [-0.2, -0.15) is 0 Å². The molecular weight excluding hydrogens is 207 g/mol. The molecule has 0 fully saturated rings. The third-order valence-electron chi connectivity index (χ3n) is 2.36. The summed E-state index contributed by atoms with van der Waals surface area (Å²) in [5, 5.41) is 8.66. The van der Waals surface area contributed by atoms with Crippen LogP contribution < -0.4 is 0 Å². The molecule has 2 nitrogen and oxygen atoms in total. The van der Waals surface area contributed by atoms with Crippen molar-refractivity contribution in [3.8, 4) is 0 Å². The van der Waals surface area contributed by atoms with Crippen LogP contribution in [0.15, 0.2) is 24.3 Å². The van der Waals surface area contributed by atoms with E-state index in [-0.39, 0.29) is 6.42 Å². The summed E-state index contributed by atoms with van der Waals surface area (Å²) in [5.74, 6) is -0.900. The zero-order valence-electron chi connectivity index (χ0n) is 9.83. The molecule has 1 aromatic carbocycles. The van der Waals surface area contributed by atoms with Gasteiger partial charge < -0.3 is 5.11 Å². The zero-order valence-corrected chi connectivity index (χ0v) is 9.83. The fourth-order valence-electron chi connectivity index (χ4n) is 1.54. The highest BCUT2D eigenvalue weighted by Gasteiger charge is 2.25. The zero-order chi connectivity index (χ0) is 12.3. The summed E-state index contributed by atoms with van der Waals surface area (Å²) < 4.78 is 14.0. The molecule has 1 atom stereocenters. The molecule has 88 valence electrons. The molecule has 3 heteroatoms. The van der Waals surface area contributed by atoms with Crippen LogP contribution in [-0.2, 0) is 11.2 Å². The number of halogens is 1. The number of rotatable bonds is 3. The second-order valence-corrected chi connectivity index (χ2v) is 5.04. The van der Waals surface area contributed by atoms with Crippen molar-refractivity contribution in [2.75, 3.05) is 0 Å². The van der Waals surface area contributed by atoms with Crippen LogP contribution >= 0.6 is 0 Å². The average Bonchev–Trinajstić information content (AvgIpc) is 2.14. The molecule has 1 rings (SSSR count). The first-order valence-corrected chi connectivity index (χ1v) is 5.25. The number of hydrogen-bond donors (Lipinski definition) is 1. The molecule has 0 radical (unpaired) electrons. The highest BCUT2D eigenvalue weighted by molar-refractivity contribution is 5.70. The molecule has 0 aliphatic carbocycles. The molecule has 0 bridgehead atoms. The Bertz CT molecular complexity index is 380. The van der Waals surface area contributed by atoms with E-state index in [2.05, 4.69) is 0 Å². The summed E-state index contributed by atoms with van der Waals surface area (Å²) >= 11 is 0. The monoisotopic (exact) mass is 224 g/mol. The van der Waals surface area contributed by atoms with Gasteiger partial charge >= 0.3 is 5.97 Å². The summed E-state index contributed by atoms with van der Waals surface area (Å²) in [6, 6.07) is 6.73. The Morgan fingerprint density at radius 1 is 1.44 bits per heavy atom. The van der Waals surface area contributed by atoms with Crippen LogP contribution in [0.4, 0.5) is 4.39 Å². The van der Waals surface area contributed by atoms with Crippen molar-refractivity contribution >= 4 is 5.97 Å². The summed E-state index contributed by atoms with van der Waals surface area (Å²) in [6.45, 7) is 5.46. The third kappa shape index (κ3) is 3.33. The molecule has 1 aromatic rings.